The van der Waals surface area contributed by atoms with Crippen LogP contribution in [0.1, 0.15) is 61.2 Å². The van der Waals surface area contributed by atoms with E-state index in [0.29, 0.717) is 38.2 Å². The number of morpholine rings is 1. The van der Waals surface area contributed by atoms with Crippen molar-refractivity contribution in [3.8, 4) is 0 Å². The van der Waals surface area contributed by atoms with Crippen LogP contribution in [0.2, 0.25) is 0 Å². The molecule has 216 valence electrons. The summed E-state index contributed by atoms with van der Waals surface area (Å²) in [5.74, 6) is 2.11. The molecule has 0 N–H and O–H groups in total. The van der Waals surface area contributed by atoms with Crippen LogP contribution >= 0.6 is 0 Å². The molecule has 2 aliphatic heterocycles. The standard InChI is InChI=1S/C31H45N7O2/c1-30(2,3)23-36-14-10-31(11-15-36)24-38(18-19-40-31)29(39)26-8-6-25(7-9-26)20-37(21-27-32-12-16-34(27)4)22-28-33-13-17-35(28)5/h6-9,12-13,16-17H,10-11,14-15,18-24H2,1-5H3. The van der Waals surface area contributed by atoms with Gasteiger partial charge in [0.15, 0.2) is 0 Å². The molecule has 2 fully saturated rings. The zero-order chi connectivity index (χ0) is 28.3. The Kier molecular flexibility index (Phi) is 8.44. The number of carbonyl (C=O) groups excluding carboxylic acids is 1. The minimum Gasteiger partial charge on any atom is -0.371 e. The molecule has 2 saturated heterocycles. The van der Waals surface area contributed by atoms with Crippen LogP contribution in [0.4, 0.5) is 0 Å². The Morgan fingerprint density at radius 1 is 0.925 bits per heavy atom. The van der Waals surface area contributed by atoms with E-state index in [1.165, 1.54) is 0 Å². The number of piperidine rings is 1. The normalized spacial score (nSPS) is 18.1. The second-order valence-electron chi connectivity index (χ2n) is 12.8. The largest absolute Gasteiger partial charge is 0.371 e. The zero-order valence-electron chi connectivity index (χ0n) is 24.8. The highest BCUT2D eigenvalue weighted by Crippen LogP contribution is 2.32. The summed E-state index contributed by atoms with van der Waals surface area (Å²) in [6.07, 6.45) is 9.57. The Bertz CT molecular complexity index is 1220. The molecule has 40 heavy (non-hydrogen) atoms. The highest BCUT2D eigenvalue weighted by molar-refractivity contribution is 5.94. The molecule has 0 aliphatic carbocycles. The fourth-order valence-electron chi connectivity index (χ4n) is 5.97. The molecule has 0 saturated carbocycles. The smallest absolute Gasteiger partial charge is 0.254 e. The third-order valence-electron chi connectivity index (χ3n) is 8.18. The average molecular weight is 548 g/mol. The Morgan fingerprint density at radius 3 is 2.05 bits per heavy atom. The lowest BCUT2D eigenvalue weighted by atomic mass is 9.87. The van der Waals surface area contributed by atoms with Crippen molar-refractivity contribution in [3.05, 3.63) is 71.8 Å². The second-order valence-corrected chi connectivity index (χ2v) is 12.8. The van der Waals surface area contributed by atoms with Gasteiger partial charge in [-0.15, -0.1) is 0 Å². The third kappa shape index (κ3) is 7.00. The molecule has 2 aromatic heterocycles. The van der Waals surface area contributed by atoms with Crippen LogP contribution < -0.4 is 0 Å². The number of amides is 1. The van der Waals surface area contributed by atoms with Gasteiger partial charge in [0.1, 0.15) is 11.6 Å². The SMILES string of the molecule is Cn1ccnc1CN(Cc1ccc(C(=O)N2CCOC3(CCN(CC(C)(C)C)CC3)C2)cc1)Cc1nccn1C. The number of ether oxygens (including phenoxy) is 1. The first-order chi connectivity index (χ1) is 19.1. The molecule has 3 aromatic rings. The maximum Gasteiger partial charge on any atom is 0.254 e. The molecule has 2 aliphatic rings. The molecular weight excluding hydrogens is 502 g/mol. The lowest BCUT2D eigenvalue weighted by molar-refractivity contribution is -0.128. The van der Waals surface area contributed by atoms with E-state index in [1.807, 2.05) is 55.9 Å². The Balaban J connectivity index is 1.21. The van der Waals surface area contributed by atoms with Crippen molar-refractivity contribution in [2.24, 2.45) is 19.5 Å². The van der Waals surface area contributed by atoms with E-state index in [0.717, 1.165) is 61.8 Å². The number of hydrogen-bond donors (Lipinski definition) is 0. The molecule has 1 spiro atoms. The predicted molar refractivity (Wildman–Crippen MR) is 156 cm³/mol. The number of carbonyl (C=O) groups is 1. The van der Waals surface area contributed by atoms with Crippen molar-refractivity contribution in [1.82, 2.24) is 33.8 Å². The summed E-state index contributed by atoms with van der Waals surface area (Å²) in [6.45, 7) is 14.1. The first kappa shape index (κ1) is 28.5. The van der Waals surface area contributed by atoms with Gasteiger partial charge < -0.3 is 23.7 Å². The van der Waals surface area contributed by atoms with Gasteiger partial charge >= 0.3 is 0 Å². The summed E-state index contributed by atoms with van der Waals surface area (Å²) in [5.41, 5.74) is 1.98. The van der Waals surface area contributed by atoms with Gasteiger partial charge in [0.2, 0.25) is 0 Å². The molecule has 0 unspecified atom stereocenters. The number of benzene rings is 1. The Morgan fingerprint density at radius 2 is 1.52 bits per heavy atom. The molecule has 4 heterocycles. The summed E-state index contributed by atoms with van der Waals surface area (Å²) < 4.78 is 10.4. The number of aromatic nitrogens is 4. The topological polar surface area (TPSA) is 71.7 Å². The number of aryl methyl sites for hydroxylation is 2. The summed E-state index contributed by atoms with van der Waals surface area (Å²) in [5, 5.41) is 0. The molecular formula is C31H45N7O2. The van der Waals surface area contributed by atoms with Crippen LogP contribution in [-0.4, -0.2) is 84.6 Å². The molecule has 1 amide bonds. The van der Waals surface area contributed by atoms with Gasteiger partial charge in [-0.2, -0.15) is 0 Å². The number of hydrogen-bond acceptors (Lipinski definition) is 6. The minimum absolute atomic E-state index is 0.101. The van der Waals surface area contributed by atoms with E-state index in [4.69, 9.17) is 4.74 Å². The van der Waals surface area contributed by atoms with E-state index in [2.05, 4.69) is 61.8 Å². The molecule has 9 nitrogen and oxygen atoms in total. The van der Waals surface area contributed by atoms with E-state index in [9.17, 15) is 4.79 Å². The van der Waals surface area contributed by atoms with Crippen LogP contribution in [0, 0.1) is 5.41 Å². The highest BCUT2D eigenvalue weighted by atomic mass is 16.5. The maximum absolute atomic E-state index is 13.5. The zero-order valence-corrected chi connectivity index (χ0v) is 24.8. The average Bonchev–Trinajstić information content (AvgIpc) is 3.52. The van der Waals surface area contributed by atoms with Crippen molar-refractivity contribution in [3.63, 3.8) is 0 Å². The van der Waals surface area contributed by atoms with Crippen LogP contribution in [-0.2, 0) is 38.5 Å². The summed E-state index contributed by atoms with van der Waals surface area (Å²) in [6, 6.07) is 8.12. The summed E-state index contributed by atoms with van der Waals surface area (Å²) in [7, 11) is 4.04. The Labute approximate surface area is 238 Å². The molecule has 0 radical (unpaired) electrons. The van der Waals surface area contributed by atoms with Gasteiger partial charge in [0, 0.05) is 77.2 Å². The van der Waals surface area contributed by atoms with Gasteiger partial charge in [0.05, 0.1) is 31.8 Å². The van der Waals surface area contributed by atoms with E-state index in [-0.39, 0.29) is 11.5 Å². The lowest BCUT2D eigenvalue weighted by Crippen LogP contribution is -2.58. The molecule has 1 aromatic carbocycles. The van der Waals surface area contributed by atoms with Crippen LogP contribution in [0.3, 0.4) is 0 Å². The highest BCUT2D eigenvalue weighted by Gasteiger charge is 2.41. The second kappa shape index (κ2) is 11.8. The monoisotopic (exact) mass is 547 g/mol. The van der Waals surface area contributed by atoms with Gasteiger partial charge in [0.25, 0.3) is 5.91 Å². The fourth-order valence-corrected chi connectivity index (χ4v) is 5.97. The number of nitrogens with zero attached hydrogens (tertiary/aromatic N) is 7. The quantitative estimate of drug-likeness (QED) is 0.428. The van der Waals surface area contributed by atoms with E-state index >= 15 is 0 Å². The van der Waals surface area contributed by atoms with Crippen LogP contribution in [0.25, 0.3) is 0 Å². The summed E-state index contributed by atoms with van der Waals surface area (Å²) >= 11 is 0. The summed E-state index contributed by atoms with van der Waals surface area (Å²) in [4.78, 5) is 29.5. The number of likely N-dealkylation sites (tertiary alicyclic amines) is 1. The van der Waals surface area contributed by atoms with Crippen molar-refractivity contribution < 1.29 is 9.53 Å². The molecule has 0 atom stereocenters. The lowest BCUT2D eigenvalue weighted by Gasteiger charge is -2.48. The first-order valence-corrected chi connectivity index (χ1v) is 14.5. The molecule has 9 heteroatoms. The molecule has 5 rings (SSSR count). The minimum atomic E-state index is -0.210. The van der Waals surface area contributed by atoms with Crippen LogP contribution in [0.5, 0.6) is 0 Å². The number of rotatable bonds is 8. The van der Waals surface area contributed by atoms with E-state index < -0.39 is 0 Å². The Hall–Kier alpha value is -3.01. The van der Waals surface area contributed by atoms with Crippen molar-refractivity contribution in [1.29, 1.82) is 0 Å². The van der Waals surface area contributed by atoms with Gasteiger partial charge in [-0.25, -0.2) is 9.97 Å². The maximum atomic E-state index is 13.5. The van der Waals surface area contributed by atoms with E-state index in [1.54, 1.807) is 0 Å². The van der Waals surface area contributed by atoms with Gasteiger partial charge in [-0.05, 0) is 36.0 Å². The van der Waals surface area contributed by atoms with Crippen molar-refractivity contribution in [2.75, 3.05) is 39.3 Å². The molecule has 0 bridgehead atoms. The van der Waals surface area contributed by atoms with Crippen molar-refractivity contribution in [2.45, 2.75) is 58.8 Å². The van der Waals surface area contributed by atoms with Crippen molar-refractivity contribution >= 4 is 5.91 Å². The first-order valence-electron chi connectivity index (χ1n) is 14.5. The number of imidazole rings is 2. The predicted octanol–water partition coefficient (Wildman–Crippen LogP) is 3.71. The third-order valence-corrected chi connectivity index (χ3v) is 8.18. The fraction of sp³-hybridized carbons (Fsp3) is 0.581. The van der Waals surface area contributed by atoms with Crippen LogP contribution in [0.15, 0.2) is 49.1 Å². The van der Waals surface area contributed by atoms with Gasteiger partial charge in [-0.1, -0.05) is 32.9 Å². The van der Waals surface area contributed by atoms with Gasteiger partial charge in [-0.3, -0.25) is 9.69 Å².